The second-order valence-corrected chi connectivity index (χ2v) is 5.86. The van der Waals surface area contributed by atoms with Crippen LogP contribution in [0.15, 0.2) is 22.7 Å². The highest BCUT2D eigenvalue weighted by Gasteiger charge is 2.13. The lowest BCUT2D eigenvalue weighted by atomic mass is 9.96. The predicted octanol–water partition coefficient (Wildman–Crippen LogP) is 3.78. The highest BCUT2D eigenvalue weighted by atomic mass is 79.9. The molecule has 0 heterocycles. The van der Waals surface area contributed by atoms with Crippen LogP contribution in [0.1, 0.15) is 25.8 Å². The molecule has 0 saturated carbocycles. The van der Waals surface area contributed by atoms with E-state index in [9.17, 15) is 4.39 Å². The van der Waals surface area contributed by atoms with Crippen molar-refractivity contribution in [2.45, 2.75) is 32.7 Å². The van der Waals surface area contributed by atoms with Crippen LogP contribution in [0.5, 0.6) is 0 Å². The van der Waals surface area contributed by atoms with E-state index in [0.29, 0.717) is 16.4 Å². The third-order valence-electron chi connectivity index (χ3n) is 3.10. The first-order chi connectivity index (χ1) is 9.06. The maximum atomic E-state index is 13.2. The van der Waals surface area contributed by atoms with Gasteiger partial charge in [-0.1, -0.05) is 19.9 Å². The zero-order chi connectivity index (χ0) is 14.3. The van der Waals surface area contributed by atoms with Gasteiger partial charge in [-0.25, -0.2) is 4.39 Å². The molecule has 0 aromatic heterocycles. The Morgan fingerprint density at radius 2 is 2.16 bits per heavy atom. The van der Waals surface area contributed by atoms with Crippen molar-refractivity contribution in [1.29, 1.82) is 0 Å². The average Bonchev–Trinajstić information content (AvgIpc) is 2.34. The number of likely N-dealkylation sites (N-methyl/N-ethyl adjacent to an activating group) is 1. The topological polar surface area (TPSA) is 21.3 Å². The zero-order valence-corrected chi connectivity index (χ0v) is 13.5. The number of methoxy groups -OCH3 is 1. The van der Waals surface area contributed by atoms with E-state index < -0.39 is 0 Å². The first-order valence-electron chi connectivity index (χ1n) is 6.73. The number of halogens is 2. The highest BCUT2D eigenvalue weighted by Crippen LogP contribution is 2.19. The Kier molecular flexibility index (Phi) is 7.57. The largest absolute Gasteiger partial charge is 0.384 e. The second-order valence-electron chi connectivity index (χ2n) is 5.00. The molecule has 1 rings (SSSR count). The summed E-state index contributed by atoms with van der Waals surface area (Å²) in [5.74, 6) is 0.300. The molecule has 19 heavy (non-hydrogen) atoms. The summed E-state index contributed by atoms with van der Waals surface area (Å²) in [7, 11) is 1.73. The van der Waals surface area contributed by atoms with Crippen LogP contribution in [0, 0.1) is 11.7 Å². The van der Waals surface area contributed by atoms with Crippen LogP contribution in [0.4, 0.5) is 4.39 Å². The number of rotatable bonds is 8. The standard InChI is InChI=1S/C15H23BrFNO/c1-4-18-13(7-11(2)10-19-3)8-12-5-6-15(17)14(16)9-12/h5-6,9,11,13,18H,4,7-8,10H2,1-3H3. The van der Waals surface area contributed by atoms with Gasteiger partial charge in [-0.2, -0.15) is 0 Å². The van der Waals surface area contributed by atoms with E-state index in [1.807, 2.05) is 12.1 Å². The minimum atomic E-state index is -0.212. The van der Waals surface area contributed by atoms with Crippen molar-refractivity contribution < 1.29 is 9.13 Å². The fourth-order valence-corrected chi connectivity index (χ4v) is 2.74. The number of benzene rings is 1. The molecule has 2 unspecified atom stereocenters. The molecule has 2 nitrogen and oxygen atoms in total. The first-order valence-corrected chi connectivity index (χ1v) is 7.52. The normalized spacial score (nSPS) is 14.4. The van der Waals surface area contributed by atoms with Crippen molar-refractivity contribution in [3.8, 4) is 0 Å². The van der Waals surface area contributed by atoms with Crippen LogP contribution in [0.25, 0.3) is 0 Å². The predicted molar refractivity (Wildman–Crippen MR) is 80.9 cm³/mol. The molecule has 0 bridgehead atoms. The van der Waals surface area contributed by atoms with E-state index in [-0.39, 0.29) is 5.82 Å². The smallest absolute Gasteiger partial charge is 0.137 e. The first kappa shape index (κ1) is 16.6. The van der Waals surface area contributed by atoms with Gasteiger partial charge in [-0.15, -0.1) is 0 Å². The molecule has 2 atom stereocenters. The molecule has 1 N–H and O–H groups in total. The third kappa shape index (κ3) is 6.02. The van der Waals surface area contributed by atoms with Crippen LogP contribution in [0.2, 0.25) is 0 Å². The molecular weight excluding hydrogens is 309 g/mol. The zero-order valence-electron chi connectivity index (χ0n) is 11.9. The molecule has 0 radical (unpaired) electrons. The monoisotopic (exact) mass is 331 g/mol. The van der Waals surface area contributed by atoms with E-state index >= 15 is 0 Å². The Balaban J connectivity index is 2.63. The van der Waals surface area contributed by atoms with Gasteiger partial charge in [0.25, 0.3) is 0 Å². The van der Waals surface area contributed by atoms with Crippen molar-refractivity contribution in [2.24, 2.45) is 5.92 Å². The maximum Gasteiger partial charge on any atom is 0.137 e. The van der Waals surface area contributed by atoms with Crippen LogP contribution in [-0.2, 0) is 11.2 Å². The van der Waals surface area contributed by atoms with Crippen molar-refractivity contribution in [3.63, 3.8) is 0 Å². The van der Waals surface area contributed by atoms with Crippen molar-refractivity contribution in [2.75, 3.05) is 20.3 Å². The van der Waals surface area contributed by atoms with Crippen molar-refractivity contribution >= 4 is 15.9 Å². The lowest BCUT2D eigenvalue weighted by Gasteiger charge is -2.21. The molecular formula is C15H23BrFNO. The molecule has 0 fully saturated rings. The van der Waals surface area contributed by atoms with Gasteiger partial charge in [0.05, 0.1) is 4.47 Å². The average molecular weight is 332 g/mol. The molecule has 1 aromatic carbocycles. The maximum absolute atomic E-state index is 13.2. The Hall–Kier alpha value is -0.450. The van der Waals surface area contributed by atoms with Gasteiger partial charge in [0.1, 0.15) is 5.82 Å². The summed E-state index contributed by atoms with van der Waals surface area (Å²) in [4.78, 5) is 0. The molecule has 0 spiro atoms. The fourth-order valence-electron chi connectivity index (χ4n) is 2.32. The van der Waals surface area contributed by atoms with E-state index in [4.69, 9.17) is 4.74 Å². The number of hydrogen-bond acceptors (Lipinski definition) is 2. The van der Waals surface area contributed by atoms with Crippen molar-refractivity contribution in [3.05, 3.63) is 34.1 Å². The van der Waals surface area contributed by atoms with Crippen molar-refractivity contribution in [1.82, 2.24) is 5.32 Å². The van der Waals surface area contributed by atoms with Gasteiger partial charge in [-0.3, -0.25) is 0 Å². The SMILES string of the molecule is CCNC(Cc1ccc(F)c(Br)c1)CC(C)COC. The number of nitrogens with one attached hydrogen (secondary N) is 1. The lowest BCUT2D eigenvalue weighted by Crippen LogP contribution is -2.33. The Morgan fingerprint density at radius 3 is 2.74 bits per heavy atom. The quantitative estimate of drug-likeness (QED) is 0.782. The molecule has 108 valence electrons. The van der Waals surface area contributed by atoms with Crippen LogP contribution < -0.4 is 5.32 Å². The molecule has 0 aliphatic carbocycles. The lowest BCUT2D eigenvalue weighted by molar-refractivity contribution is 0.149. The summed E-state index contributed by atoms with van der Waals surface area (Å²) in [6.07, 6.45) is 1.96. The summed E-state index contributed by atoms with van der Waals surface area (Å²) in [6.45, 7) is 6.00. The molecule has 4 heteroatoms. The summed E-state index contributed by atoms with van der Waals surface area (Å²) < 4.78 is 18.9. The van der Waals surface area contributed by atoms with Gasteiger partial charge in [0, 0.05) is 19.8 Å². The van der Waals surface area contributed by atoms with Crippen LogP contribution in [0.3, 0.4) is 0 Å². The van der Waals surface area contributed by atoms with Gasteiger partial charge < -0.3 is 10.1 Å². The summed E-state index contributed by atoms with van der Waals surface area (Å²) in [6, 6.07) is 5.63. The molecule has 1 aromatic rings. The molecule has 0 aliphatic rings. The van der Waals surface area contributed by atoms with Crippen LogP contribution in [-0.4, -0.2) is 26.3 Å². The minimum absolute atomic E-state index is 0.212. The summed E-state index contributed by atoms with van der Waals surface area (Å²) >= 11 is 3.24. The van der Waals surface area contributed by atoms with E-state index in [0.717, 1.165) is 31.6 Å². The Bertz CT molecular complexity index is 386. The van der Waals surface area contributed by atoms with Gasteiger partial charge in [0.2, 0.25) is 0 Å². The van der Waals surface area contributed by atoms with Gasteiger partial charge in [0.15, 0.2) is 0 Å². The van der Waals surface area contributed by atoms with E-state index in [1.54, 1.807) is 7.11 Å². The molecule has 0 aliphatic heterocycles. The van der Waals surface area contributed by atoms with Gasteiger partial charge >= 0.3 is 0 Å². The van der Waals surface area contributed by atoms with E-state index in [1.165, 1.54) is 6.07 Å². The molecule has 0 amide bonds. The van der Waals surface area contributed by atoms with Gasteiger partial charge in [-0.05, 0) is 58.9 Å². The fraction of sp³-hybridized carbons (Fsp3) is 0.600. The minimum Gasteiger partial charge on any atom is -0.384 e. The number of hydrogen-bond donors (Lipinski definition) is 1. The highest BCUT2D eigenvalue weighted by molar-refractivity contribution is 9.10. The Morgan fingerprint density at radius 1 is 1.42 bits per heavy atom. The third-order valence-corrected chi connectivity index (χ3v) is 3.70. The molecule has 0 saturated heterocycles. The summed E-state index contributed by atoms with van der Waals surface area (Å²) in [5, 5.41) is 3.49. The van der Waals surface area contributed by atoms with E-state index in [2.05, 4.69) is 35.1 Å². The summed E-state index contributed by atoms with van der Waals surface area (Å²) in [5.41, 5.74) is 1.14. The second kappa shape index (κ2) is 8.67. The number of ether oxygens (including phenoxy) is 1. The Labute approximate surface area is 123 Å². The van der Waals surface area contributed by atoms with Crippen LogP contribution >= 0.6 is 15.9 Å².